The average Bonchev–Trinajstić information content (AvgIpc) is 2.34. The molecule has 82 valence electrons. The molecule has 0 bridgehead atoms. The number of nitrogens with zero attached hydrogens (tertiary/aromatic N) is 1. The molecule has 3 nitrogen and oxygen atoms in total. The van der Waals surface area contributed by atoms with Gasteiger partial charge in [-0.25, -0.2) is 0 Å². The molecule has 0 spiro atoms. The topological polar surface area (TPSA) is 32.3 Å². The Kier molecular flexibility index (Phi) is 3.93. The zero-order chi connectivity index (χ0) is 10.7. The maximum atomic E-state index is 11.8. The average molecular weight is 198 g/mol. The molecule has 1 fully saturated rings. The molecular weight excluding hydrogens is 176 g/mol. The van der Waals surface area contributed by atoms with E-state index in [0.29, 0.717) is 11.8 Å². The molecule has 14 heavy (non-hydrogen) atoms. The first-order valence-electron chi connectivity index (χ1n) is 5.53. The summed E-state index contributed by atoms with van der Waals surface area (Å²) >= 11 is 0. The van der Waals surface area contributed by atoms with Crippen LogP contribution in [0.1, 0.15) is 34.1 Å². The highest BCUT2D eigenvalue weighted by molar-refractivity contribution is 5.83. The fourth-order valence-electron chi connectivity index (χ4n) is 1.86. The molecule has 1 amide bonds. The molecule has 1 rings (SSSR count). The lowest BCUT2D eigenvalue weighted by atomic mass is 10.0. The van der Waals surface area contributed by atoms with Gasteiger partial charge in [-0.3, -0.25) is 10.1 Å². The molecule has 1 aliphatic rings. The molecular formula is C11H22N2O. The van der Waals surface area contributed by atoms with E-state index >= 15 is 0 Å². The monoisotopic (exact) mass is 198 g/mol. The molecule has 0 radical (unpaired) electrons. The molecule has 0 aromatic heterocycles. The number of hydrogen-bond acceptors (Lipinski definition) is 2. The van der Waals surface area contributed by atoms with E-state index in [1.54, 1.807) is 0 Å². The maximum Gasteiger partial charge on any atom is 0.240 e. The van der Waals surface area contributed by atoms with Crippen LogP contribution in [0.4, 0.5) is 0 Å². The third-order valence-electron chi connectivity index (χ3n) is 2.43. The van der Waals surface area contributed by atoms with E-state index in [-0.39, 0.29) is 11.9 Å². The molecule has 1 atom stereocenters. The number of hydrogen-bond donors (Lipinski definition) is 1. The van der Waals surface area contributed by atoms with Crippen LogP contribution in [0.5, 0.6) is 0 Å². The first-order valence-corrected chi connectivity index (χ1v) is 5.53. The van der Waals surface area contributed by atoms with Crippen molar-refractivity contribution in [3.8, 4) is 0 Å². The lowest BCUT2D eigenvalue weighted by Crippen LogP contribution is -2.33. The second kappa shape index (κ2) is 4.78. The molecule has 1 saturated heterocycles. The Bertz CT molecular complexity index is 181. The third-order valence-corrected chi connectivity index (χ3v) is 2.43. The van der Waals surface area contributed by atoms with Crippen molar-refractivity contribution in [3.63, 3.8) is 0 Å². The summed E-state index contributed by atoms with van der Waals surface area (Å²) in [6.07, 6.45) is 0.952. The first-order chi connectivity index (χ1) is 6.50. The third kappa shape index (κ3) is 2.98. The van der Waals surface area contributed by atoms with Crippen molar-refractivity contribution in [3.05, 3.63) is 0 Å². The van der Waals surface area contributed by atoms with Crippen LogP contribution in [0.2, 0.25) is 0 Å². The van der Waals surface area contributed by atoms with E-state index in [1.807, 2.05) is 4.90 Å². The Morgan fingerprint density at radius 2 is 2.00 bits per heavy atom. The van der Waals surface area contributed by atoms with Crippen LogP contribution in [0.25, 0.3) is 0 Å². The molecule has 0 aliphatic carbocycles. The van der Waals surface area contributed by atoms with Crippen LogP contribution in [0.3, 0.4) is 0 Å². The largest absolute Gasteiger partial charge is 0.328 e. The van der Waals surface area contributed by atoms with Crippen molar-refractivity contribution < 1.29 is 4.79 Å². The lowest BCUT2D eigenvalue weighted by Gasteiger charge is -2.18. The number of carbonyl (C=O) groups excluding carboxylic acids is 1. The van der Waals surface area contributed by atoms with E-state index in [9.17, 15) is 4.79 Å². The predicted molar refractivity (Wildman–Crippen MR) is 57.8 cm³/mol. The molecule has 1 unspecified atom stereocenters. The minimum Gasteiger partial charge on any atom is -0.328 e. The first kappa shape index (κ1) is 11.5. The smallest absolute Gasteiger partial charge is 0.240 e. The zero-order valence-corrected chi connectivity index (χ0v) is 9.71. The van der Waals surface area contributed by atoms with Crippen molar-refractivity contribution in [1.82, 2.24) is 10.2 Å². The Labute approximate surface area is 86.9 Å². The molecule has 1 aliphatic heterocycles. The van der Waals surface area contributed by atoms with Gasteiger partial charge in [-0.05, 0) is 18.3 Å². The second-order valence-corrected chi connectivity index (χ2v) is 5.00. The highest BCUT2D eigenvalue weighted by Gasteiger charge is 2.31. The summed E-state index contributed by atoms with van der Waals surface area (Å²) in [7, 11) is 0. The quantitative estimate of drug-likeness (QED) is 0.741. The fraction of sp³-hybridized carbons (Fsp3) is 0.909. The second-order valence-electron chi connectivity index (χ2n) is 5.00. The van der Waals surface area contributed by atoms with Crippen LogP contribution < -0.4 is 5.32 Å². The van der Waals surface area contributed by atoms with Crippen LogP contribution in [-0.2, 0) is 4.79 Å². The lowest BCUT2D eigenvalue weighted by molar-refractivity contribution is -0.129. The standard InChI is InChI=1S/C11H22N2O/c1-8(2)5-10-11(14)13(7-12-10)6-9(3)4/h8-10,12H,5-7H2,1-4H3. The van der Waals surface area contributed by atoms with E-state index in [2.05, 4.69) is 33.0 Å². The summed E-state index contributed by atoms with van der Waals surface area (Å²) < 4.78 is 0. The summed E-state index contributed by atoms with van der Waals surface area (Å²) in [6, 6.07) is 0.0637. The van der Waals surface area contributed by atoms with Crippen LogP contribution >= 0.6 is 0 Å². The van der Waals surface area contributed by atoms with Gasteiger partial charge in [-0.15, -0.1) is 0 Å². The predicted octanol–water partition coefficient (Wildman–Crippen LogP) is 1.45. The van der Waals surface area contributed by atoms with Crippen molar-refractivity contribution >= 4 is 5.91 Å². The van der Waals surface area contributed by atoms with Gasteiger partial charge >= 0.3 is 0 Å². The van der Waals surface area contributed by atoms with E-state index < -0.39 is 0 Å². The van der Waals surface area contributed by atoms with E-state index in [0.717, 1.165) is 19.6 Å². The van der Waals surface area contributed by atoms with Crippen LogP contribution in [0.15, 0.2) is 0 Å². The van der Waals surface area contributed by atoms with Gasteiger partial charge in [0.05, 0.1) is 12.7 Å². The minimum absolute atomic E-state index is 0.0637. The molecule has 1 heterocycles. The van der Waals surface area contributed by atoms with Gasteiger partial charge in [0.2, 0.25) is 5.91 Å². The summed E-state index contributed by atoms with van der Waals surface area (Å²) in [5, 5.41) is 3.27. The fourth-order valence-corrected chi connectivity index (χ4v) is 1.86. The Hall–Kier alpha value is -0.570. The molecule has 0 aromatic carbocycles. The normalized spacial score (nSPS) is 22.9. The number of amides is 1. The van der Waals surface area contributed by atoms with Gasteiger partial charge in [-0.2, -0.15) is 0 Å². The van der Waals surface area contributed by atoms with Crippen LogP contribution in [-0.4, -0.2) is 30.1 Å². The summed E-state index contributed by atoms with van der Waals surface area (Å²) in [4.78, 5) is 13.8. The zero-order valence-electron chi connectivity index (χ0n) is 9.71. The SMILES string of the molecule is CC(C)CC1NCN(CC(C)C)C1=O. The molecule has 1 N–H and O–H groups in total. The molecule has 3 heteroatoms. The Morgan fingerprint density at radius 1 is 1.36 bits per heavy atom. The van der Waals surface area contributed by atoms with Gasteiger partial charge < -0.3 is 4.90 Å². The van der Waals surface area contributed by atoms with Crippen molar-refractivity contribution in [2.75, 3.05) is 13.2 Å². The van der Waals surface area contributed by atoms with E-state index in [4.69, 9.17) is 0 Å². The van der Waals surface area contributed by atoms with Gasteiger partial charge in [0.15, 0.2) is 0 Å². The summed E-state index contributed by atoms with van der Waals surface area (Å²) in [5.41, 5.74) is 0. The minimum atomic E-state index is 0.0637. The van der Waals surface area contributed by atoms with Gasteiger partial charge in [0, 0.05) is 6.54 Å². The maximum absolute atomic E-state index is 11.8. The Balaban J connectivity index is 2.43. The van der Waals surface area contributed by atoms with Crippen LogP contribution in [0, 0.1) is 11.8 Å². The van der Waals surface area contributed by atoms with Gasteiger partial charge in [0.25, 0.3) is 0 Å². The number of nitrogens with one attached hydrogen (secondary N) is 1. The number of rotatable bonds is 4. The highest BCUT2D eigenvalue weighted by atomic mass is 16.2. The summed E-state index contributed by atoms with van der Waals surface area (Å²) in [6.45, 7) is 10.2. The summed E-state index contributed by atoms with van der Waals surface area (Å²) in [5.74, 6) is 1.42. The van der Waals surface area contributed by atoms with Gasteiger partial charge in [-0.1, -0.05) is 27.7 Å². The van der Waals surface area contributed by atoms with Gasteiger partial charge in [0.1, 0.15) is 0 Å². The molecule has 0 aromatic rings. The molecule has 0 saturated carbocycles. The van der Waals surface area contributed by atoms with Crippen molar-refractivity contribution in [2.24, 2.45) is 11.8 Å². The Morgan fingerprint density at radius 3 is 2.50 bits per heavy atom. The van der Waals surface area contributed by atoms with E-state index in [1.165, 1.54) is 0 Å². The highest BCUT2D eigenvalue weighted by Crippen LogP contribution is 2.13. The number of carbonyl (C=O) groups is 1. The van der Waals surface area contributed by atoms with Crippen molar-refractivity contribution in [2.45, 2.75) is 40.2 Å². The van der Waals surface area contributed by atoms with Crippen molar-refractivity contribution in [1.29, 1.82) is 0 Å².